The van der Waals surface area contributed by atoms with Gasteiger partial charge in [-0.1, -0.05) is 0 Å². The number of carbonyl (C=O) groups excluding carboxylic acids is 3. The van der Waals surface area contributed by atoms with Gasteiger partial charge in [-0.3, -0.25) is 19.7 Å². The molecule has 19 heavy (non-hydrogen) atoms. The minimum Gasteiger partial charge on any atom is -0.378 e. The average molecular weight is 283 g/mol. The van der Waals surface area contributed by atoms with Gasteiger partial charge >= 0.3 is 0 Å². The number of aromatic nitrogens is 1. The first-order valence-corrected chi connectivity index (χ1v) is 6.50. The van der Waals surface area contributed by atoms with Gasteiger partial charge in [-0.05, 0) is 6.42 Å². The minimum absolute atomic E-state index is 0.230. The lowest BCUT2D eigenvalue weighted by Gasteiger charge is -2.21. The summed E-state index contributed by atoms with van der Waals surface area (Å²) < 4.78 is 4.91. The van der Waals surface area contributed by atoms with Crippen LogP contribution in [0.5, 0.6) is 0 Å². The molecule has 1 aliphatic rings. The second kappa shape index (κ2) is 5.89. The molecular formula is C11H13N3O4S. The summed E-state index contributed by atoms with van der Waals surface area (Å²) in [6, 6.07) is -0.668. The number of rotatable bonds is 4. The molecule has 1 aromatic rings. The molecule has 102 valence electrons. The Bertz CT molecular complexity index is 514. The quantitative estimate of drug-likeness (QED) is 0.747. The Hall–Kier alpha value is -1.80. The molecule has 1 aliphatic heterocycles. The van der Waals surface area contributed by atoms with Gasteiger partial charge in [0.2, 0.25) is 11.8 Å². The maximum absolute atomic E-state index is 11.9. The van der Waals surface area contributed by atoms with Gasteiger partial charge in [0.1, 0.15) is 15.9 Å². The molecule has 0 aliphatic carbocycles. The lowest BCUT2D eigenvalue weighted by molar-refractivity contribution is -0.134. The molecule has 7 nitrogen and oxygen atoms in total. The molecule has 0 saturated carbocycles. The molecule has 0 aromatic carbocycles. The summed E-state index contributed by atoms with van der Waals surface area (Å²) in [5, 5.41) is 5.46. The smallest absolute Gasteiger partial charge is 0.263 e. The Morgan fingerprint density at radius 1 is 1.63 bits per heavy atom. The topological polar surface area (TPSA) is 97.4 Å². The molecule has 1 aromatic heterocycles. The number of nitrogens with zero attached hydrogens (tertiary/aromatic N) is 1. The van der Waals surface area contributed by atoms with Gasteiger partial charge in [0, 0.05) is 13.5 Å². The van der Waals surface area contributed by atoms with Crippen molar-refractivity contribution < 1.29 is 19.1 Å². The molecule has 3 amide bonds. The Morgan fingerprint density at radius 2 is 2.42 bits per heavy atom. The van der Waals surface area contributed by atoms with Crippen LogP contribution in [0.15, 0.2) is 6.20 Å². The first-order chi connectivity index (χ1) is 9.10. The van der Waals surface area contributed by atoms with Gasteiger partial charge in [-0.15, -0.1) is 11.3 Å². The van der Waals surface area contributed by atoms with Crippen molar-refractivity contribution in [3.63, 3.8) is 0 Å². The van der Waals surface area contributed by atoms with Crippen molar-refractivity contribution in [2.75, 3.05) is 7.11 Å². The number of carbonyl (C=O) groups is 3. The Labute approximate surface area is 113 Å². The van der Waals surface area contributed by atoms with Crippen molar-refractivity contribution in [1.82, 2.24) is 15.6 Å². The fourth-order valence-electron chi connectivity index (χ4n) is 1.67. The highest BCUT2D eigenvalue weighted by atomic mass is 32.1. The number of ether oxygens (including phenoxy) is 1. The molecule has 2 rings (SSSR count). The van der Waals surface area contributed by atoms with E-state index in [0.29, 0.717) is 22.9 Å². The molecule has 0 radical (unpaired) electrons. The lowest BCUT2D eigenvalue weighted by atomic mass is 10.1. The summed E-state index contributed by atoms with van der Waals surface area (Å²) >= 11 is 1.21. The van der Waals surface area contributed by atoms with Gasteiger partial charge in [0.05, 0.1) is 12.8 Å². The Morgan fingerprint density at radius 3 is 3.11 bits per heavy atom. The standard InChI is InChI=1S/C11H13N3O4S/c1-18-5-9-12-4-7(19-9)11(17)13-6-2-3-8(15)14-10(6)16/h4,6H,2-3,5H2,1H3,(H,13,17)(H,14,15,16). The molecule has 0 spiro atoms. The highest BCUT2D eigenvalue weighted by Gasteiger charge is 2.28. The van der Waals surface area contributed by atoms with Crippen molar-refractivity contribution in [3.8, 4) is 0 Å². The summed E-state index contributed by atoms with van der Waals surface area (Å²) in [5.74, 6) is -1.14. The molecule has 0 bridgehead atoms. The van der Waals surface area contributed by atoms with E-state index in [1.807, 2.05) is 0 Å². The van der Waals surface area contributed by atoms with Crippen molar-refractivity contribution in [1.29, 1.82) is 0 Å². The summed E-state index contributed by atoms with van der Waals surface area (Å²) in [7, 11) is 1.55. The zero-order chi connectivity index (χ0) is 13.8. The highest BCUT2D eigenvalue weighted by Crippen LogP contribution is 2.14. The molecule has 2 N–H and O–H groups in total. The van der Waals surface area contributed by atoms with Crippen LogP contribution < -0.4 is 10.6 Å². The van der Waals surface area contributed by atoms with E-state index in [4.69, 9.17) is 4.74 Å². The van der Waals surface area contributed by atoms with Gasteiger partial charge in [0.25, 0.3) is 5.91 Å². The van der Waals surface area contributed by atoms with Crippen molar-refractivity contribution in [2.45, 2.75) is 25.5 Å². The largest absolute Gasteiger partial charge is 0.378 e. The number of nitrogens with one attached hydrogen (secondary N) is 2. The fraction of sp³-hybridized carbons (Fsp3) is 0.455. The summed E-state index contributed by atoms with van der Waals surface area (Å²) in [4.78, 5) is 38.8. The second-order valence-corrected chi connectivity index (χ2v) is 5.14. The number of piperidine rings is 1. The Balaban J connectivity index is 1.96. The molecule has 1 atom stereocenters. The summed E-state index contributed by atoms with van der Waals surface area (Å²) in [5.41, 5.74) is 0. The average Bonchev–Trinajstić information content (AvgIpc) is 2.82. The van der Waals surface area contributed by atoms with E-state index in [1.165, 1.54) is 17.5 Å². The van der Waals surface area contributed by atoms with Crippen molar-refractivity contribution in [2.24, 2.45) is 0 Å². The SMILES string of the molecule is COCc1ncc(C(=O)NC2CCC(=O)NC2=O)s1. The zero-order valence-electron chi connectivity index (χ0n) is 10.3. The number of thiazole rings is 1. The normalized spacial score (nSPS) is 19.1. The maximum atomic E-state index is 11.9. The third-order valence-corrected chi connectivity index (χ3v) is 3.56. The second-order valence-electron chi connectivity index (χ2n) is 4.03. The number of hydrogen-bond acceptors (Lipinski definition) is 6. The van der Waals surface area contributed by atoms with Crippen LogP contribution in [0.25, 0.3) is 0 Å². The molecule has 1 saturated heterocycles. The predicted octanol–water partition coefficient (Wildman–Crippen LogP) is -0.176. The van der Waals surface area contributed by atoms with Crippen molar-refractivity contribution in [3.05, 3.63) is 16.1 Å². The van der Waals surface area contributed by atoms with E-state index in [2.05, 4.69) is 15.6 Å². The fourth-order valence-corrected chi connectivity index (χ4v) is 2.46. The molecule has 8 heteroatoms. The van der Waals surface area contributed by atoms with Gasteiger partial charge in [-0.25, -0.2) is 4.98 Å². The number of methoxy groups -OCH3 is 1. The lowest BCUT2D eigenvalue weighted by Crippen LogP contribution is -2.52. The molecular weight excluding hydrogens is 270 g/mol. The van der Waals surface area contributed by atoms with Crippen LogP contribution in [0, 0.1) is 0 Å². The monoisotopic (exact) mass is 283 g/mol. The zero-order valence-corrected chi connectivity index (χ0v) is 11.1. The van der Waals surface area contributed by atoms with E-state index in [9.17, 15) is 14.4 Å². The van der Waals surface area contributed by atoms with E-state index in [0.717, 1.165) is 0 Å². The van der Waals surface area contributed by atoms with Crippen LogP contribution in [0.1, 0.15) is 27.5 Å². The molecule has 2 heterocycles. The predicted molar refractivity (Wildman–Crippen MR) is 66.5 cm³/mol. The number of amides is 3. The van der Waals surface area contributed by atoms with E-state index < -0.39 is 11.9 Å². The first-order valence-electron chi connectivity index (χ1n) is 5.68. The number of imide groups is 1. The van der Waals surface area contributed by atoms with Gasteiger partial charge in [0.15, 0.2) is 0 Å². The van der Waals surface area contributed by atoms with E-state index >= 15 is 0 Å². The Kier molecular flexibility index (Phi) is 4.23. The highest BCUT2D eigenvalue weighted by molar-refractivity contribution is 7.13. The van der Waals surface area contributed by atoms with Crippen molar-refractivity contribution >= 4 is 29.1 Å². The third-order valence-electron chi connectivity index (χ3n) is 2.59. The van der Waals surface area contributed by atoms with E-state index in [1.54, 1.807) is 7.11 Å². The van der Waals surface area contributed by atoms with Crippen LogP contribution in [0.3, 0.4) is 0 Å². The molecule has 1 unspecified atom stereocenters. The van der Waals surface area contributed by atoms with Gasteiger partial charge in [-0.2, -0.15) is 0 Å². The third kappa shape index (κ3) is 3.36. The first kappa shape index (κ1) is 13.6. The minimum atomic E-state index is -0.668. The van der Waals surface area contributed by atoms with E-state index in [-0.39, 0.29) is 18.2 Å². The maximum Gasteiger partial charge on any atom is 0.263 e. The van der Waals surface area contributed by atoms with Gasteiger partial charge < -0.3 is 10.1 Å². The van der Waals surface area contributed by atoms with Crippen LogP contribution >= 0.6 is 11.3 Å². The summed E-state index contributed by atoms with van der Waals surface area (Å²) in [6.07, 6.45) is 1.99. The molecule has 1 fully saturated rings. The number of hydrogen-bond donors (Lipinski definition) is 2. The summed E-state index contributed by atoms with van der Waals surface area (Å²) in [6.45, 7) is 0.344. The van der Waals surface area contributed by atoms with Crippen LogP contribution in [0.2, 0.25) is 0 Å². The van der Waals surface area contributed by atoms with Crippen LogP contribution in [-0.4, -0.2) is 35.9 Å². The van der Waals surface area contributed by atoms with Crippen LogP contribution in [-0.2, 0) is 20.9 Å². The van der Waals surface area contributed by atoms with Crippen LogP contribution in [0.4, 0.5) is 0 Å².